The van der Waals surface area contributed by atoms with Gasteiger partial charge in [-0.2, -0.15) is 4.31 Å². The molecule has 2 N–H and O–H groups in total. The van der Waals surface area contributed by atoms with Crippen LogP contribution in [0, 0.1) is 5.92 Å². The minimum atomic E-state index is -3.88. The number of carbonyl (C=O) groups excluding carboxylic acids is 2. The van der Waals surface area contributed by atoms with Gasteiger partial charge >= 0.3 is 5.97 Å². The average molecular weight is 555 g/mol. The lowest BCUT2D eigenvalue weighted by Gasteiger charge is -2.31. The molecular formula is C20H19Cl4N3O5S. The Balaban J connectivity index is 1.53. The van der Waals surface area contributed by atoms with Gasteiger partial charge in [0.2, 0.25) is 10.0 Å². The lowest BCUT2D eigenvalue weighted by molar-refractivity contribution is -0.154. The van der Waals surface area contributed by atoms with E-state index in [-0.39, 0.29) is 44.4 Å². The van der Waals surface area contributed by atoms with E-state index in [1.54, 1.807) is 0 Å². The molecule has 2 aromatic rings. The van der Waals surface area contributed by atoms with Crippen LogP contribution in [0.1, 0.15) is 29.6 Å². The summed E-state index contributed by atoms with van der Waals surface area (Å²) in [7, 11) is -3.88. The SMILES string of the molecule is O=C(CC1CCCN(S(=O)(=O)c2cccc(Cl)c2Cl)C1)ONNC(=O)c1ccc(Cl)cc1Cl. The summed E-state index contributed by atoms with van der Waals surface area (Å²) >= 11 is 23.8. The Kier molecular flexibility index (Phi) is 8.85. The first-order valence-electron chi connectivity index (χ1n) is 9.74. The van der Waals surface area contributed by atoms with Crippen molar-refractivity contribution in [3.05, 3.63) is 62.1 Å². The highest BCUT2D eigenvalue weighted by molar-refractivity contribution is 7.89. The lowest BCUT2D eigenvalue weighted by Crippen LogP contribution is -2.42. The quantitative estimate of drug-likeness (QED) is 0.489. The molecule has 178 valence electrons. The van der Waals surface area contributed by atoms with Crippen molar-refractivity contribution in [1.82, 2.24) is 15.3 Å². The molecule has 1 unspecified atom stereocenters. The average Bonchev–Trinajstić information content (AvgIpc) is 2.75. The van der Waals surface area contributed by atoms with E-state index in [0.717, 1.165) is 0 Å². The molecule has 1 aliphatic heterocycles. The van der Waals surface area contributed by atoms with E-state index in [2.05, 4.69) is 11.0 Å². The Morgan fingerprint density at radius 3 is 2.58 bits per heavy atom. The Morgan fingerprint density at radius 2 is 1.85 bits per heavy atom. The van der Waals surface area contributed by atoms with Crippen molar-refractivity contribution in [2.24, 2.45) is 5.92 Å². The highest BCUT2D eigenvalue weighted by Crippen LogP contribution is 2.33. The molecule has 13 heteroatoms. The number of benzene rings is 2. The van der Waals surface area contributed by atoms with E-state index in [1.807, 2.05) is 0 Å². The van der Waals surface area contributed by atoms with Gasteiger partial charge < -0.3 is 4.84 Å². The van der Waals surface area contributed by atoms with Crippen molar-refractivity contribution < 1.29 is 22.8 Å². The van der Waals surface area contributed by atoms with E-state index in [0.29, 0.717) is 24.4 Å². The van der Waals surface area contributed by atoms with Gasteiger partial charge in [-0.3, -0.25) is 15.0 Å². The third kappa shape index (κ3) is 6.51. The van der Waals surface area contributed by atoms with Gasteiger partial charge in [0, 0.05) is 18.1 Å². The predicted octanol–water partition coefficient (Wildman–Crippen LogP) is 4.48. The van der Waals surface area contributed by atoms with Crippen LogP contribution in [0.25, 0.3) is 0 Å². The normalized spacial score (nSPS) is 16.9. The summed E-state index contributed by atoms with van der Waals surface area (Å²) in [6, 6.07) is 8.73. The van der Waals surface area contributed by atoms with E-state index < -0.39 is 21.9 Å². The van der Waals surface area contributed by atoms with Gasteiger partial charge in [0.15, 0.2) is 0 Å². The summed E-state index contributed by atoms with van der Waals surface area (Å²) < 4.78 is 27.3. The predicted molar refractivity (Wildman–Crippen MR) is 126 cm³/mol. The summed E-state index contributed by atoms with van der Waals surface area (Å²) in [5, 5.41) is 0.609. The second-order valence-corrected chi connectivity index (χ2v) is 10.8. The molecule has 1 amide bonds. The maximum atomic E-state index is 13.0. The van der Waals surface area contributed by atoms with E-state index in [1.165, 1.54) is 40.7 Å². The van der Waals surface area contributed by atoms with Crippen LogP contribution >= 0.6 is 46.4 Å². The molecule has 1 atom stereocenters. The maximum Gasteiger partial charge on any atom is 0.327 e. The van der Waals surface area contributed by atoms with Gasteiger partial charge in [-0.05, 0) is 49.1 Å². The summed E-state index contributed by atoms with van der Waals surface area (Å²) in [4.78, 5) is 29.0. The van der Waals surface area contributed by atoms with Crippen molar-refractivity contribution in [3.8, 4) is 0 Å². The largest absolute Gasteiger partial charge is 0.351 e. The zero-order chi connectivity index (χ0) is 24.2. The smallest absolute Gasteiger partial charge is 0.327 e. The summed E-state index contributed by atoms with van der Waals surface area (Å²) in [5.41, 5.74) is 4.43. The van der Waals surface area contributed by atoms with Crippen molar-refractivity contribution >= 4 is 68.3 Å². The highest BCUT2D eigenvalue weighted by Gasteiger charge is 2.33. The number of nitrogens with zero attached hydrogens (tertiary/aromatic N) is 1. The molecule has 1 aliphatic rings. The molecule has 3 rings (SSSR count). The standard InChI is InChI=1S/C20H19Cl4N3O5S/c21-13-6-7-14(16(23)10-13)20(29)25-26-32-18(28)9-12-3-2-8-27(11-12)33(30,31)17-5-1-4-15(22)19(17)24/h1,4-7,10,12,26H,2-3,8-9,11H2,(H,25,29). The zero-order valence-corrected chi connectivity index (χ0v) is 20.8. The number of rotatable bonds is 7. The second-order valence-electron chi connectivity index (χ2n) is 7.28. The molecule has 1 fully saturated rings. The van der Waals surface area contributed by atoms with E-state index >= 15 is 0 Å². The first-order chi connectivity index (χ1) is 15.6. The summed E-state index contributed by atoms with van der Waals surface area (Å²) in [5.74, 6) is -1.57. The van der Waals surface area contributed by atoms with Crippen molar-refractivity contribution in [2.75, 3.05) is 13.1 Å². The minimum absolute atomic E-state index is 0.0403. The van der Waals surface area contributed by atoms with E-state index in [9.17, 15) is 18.0 Å². The van der Waals surface area contributed by atoms with Crippen LogP contribution in [-0.4, -0.2) is 37.7 Å². The molecule has 0 spiro atoms. The molecule has 8 nitrogen and oxygen atoms in total. The Labute approximate surface area is 211 Å². The fraction of sp³-hybridized carbons (Fsp3) is 0.300. The molecular weight excluding hydrogens is 536 g/mol. The fourth-order valence-corrected chi connectivity index (χ4v) is 6.17. The van der Waals surface area contributed by atoms with E-state index in [4.69, 9.17) is 51.2 Å². The van der Waals surface area contributed by atoms with Crippen LogP contribution < -0.4 is 11.0 Å². The number of hydrogen-bond donors (Lipinski definition) is 2. The summed E-state index contributed by atoms with van der Waals surface area (Å²) in [6.07, 6.45) is 1.14. The monoisotopic (exact) mass is 553 g/mol. The lowest BCUT2D eigenvalue weighted by atomic mass is 9.96. The molecule has 33 heavy (non-hydrogen) atoms. The minimum Gasteiger partial charge on any atom is -0.351 e. The van der Waals surface area contributed by atoms with Gasteiger partial charge in [-0.15, -0.1) is 0 Å². The maximum absolute atomic E-state index is 13.0. The first kappa shape index (κ1) is 26.0. The molecule has 1 heterocycles. The zero-order valence-electron chi connectivity index (χ0n) is 17.0. The third-order valence-corrected chi connectivity index (χ3v) is 8.36. The Morgan fingerprint density at radius 1 is 1.09 bits per heavy atom. The Bertz CT molecular complexity index is 1160. The number of piperidine rings is 1. The van der Waals surface area contributed by atoms with Crippen LogP contribution in [0.2, 0.25) is 20.1 Å². The van der Waals surface area contributed by atoms with Crippen LogP contribution in [-0.2, 0) is 19.7 Å². The number of amides is 1. The highest BCUT2D eigenvalue weighted by atomic mass is 35.5. The summed E-state index contributed by atoms with van der Waals surface area (Å²) in [6.45, 7) is 0.417. The number of hydrazine groups is 1. The number of hydrogen-bond acceptors (Lipinski definition) is 6. The molecule has 1 saturated heterocycles. The van der Waals surface area contributed by atoms with Gasteiger partial charge in [0.05, 0.1) is 27.1 Å². The Hall–Kier alpha value is -1.59. The van der Waals surface area contributed by atoms with Crippen molar-refractivity contribution in [3.63, 3.8) is 0 Å². The van der Waals surface area contributed by atoms with Crippen LogP contribution in [0.5, 0.6) is 0 Å². The van der Waals surface area contributed by atoms with Crippen molar-refractivity contribution in [1.29, 1.82) is 0 Å². The number of carbonyl (C=O) groups is 2. The molecule has 2 aromatic carbocycles. The van der Waals surface area contributed by atoms with Crippen molar-refractivity contribution in [2.45, 2.75) is 24.2 Å². The van der Waals surface area contributed by atoms with Gasteiger partial charge in [0.1, 0.15) is 4.90 Å². The number of sulfonamides is 1. The van der Waals surface area contributed by atoms with Crippen LogP contribution in [0.3, 0.4) is 0 Å². The molecule has 0 aromatic heterocycles. The van der Waals surface area contributed by atoms with Gasteiger partial charge in [-0.1, -0.05) is 58.1 Å². The van der Waals surface area contributed by atoms with Gasteiger partial charge in [0.25, 0.3) is 5.91 Å². The first-order valence-corrected chi connectivity index (χ1v) is 12.7. The number of halogens is 4. The second kappa shape index (κ2) is 11.2. The molecule has 0 bridgehead atoms. The topological polar surface area (TPSA) is 105 Å². The molecule has 0 saturated carbocycles. The van der Waals surface area contributed by atoms with Gasteiger partial charge in [-0.25, -0.2) is 8.42 Å². The molecule has 0 aliphatic carbocycles. The molecule has 0 radical (unpaired) electrons. The fourth-order valence-electron chi connectivity index (χ4n) is 3.38. The third-order valence-electron chi connectivity index (χ3n) is 4.98. The van der Waals surface area contributed by atoms with Crippen LogP contribution in [0.4, 0.5) is 0 Å². The van der Waals surface area contributed by atoms with Crippen LogP contribution in [0.15, 0.2) is 41.3 Å². The number of nitrogens with one attached hydrogen (secondary N) is 2.